The molecule has 0 radical (unpaired) electrons. The minimum Gasteiger partial charge on any atom is -0.444 e. The van der Waals surface area contributed by atoms with Crippen LogP contribution in [0.3, 0.4) is 0 Å². The number of oxazole rings is 1. The number of anilines is 1. The fourth-order valence-corrected chi connectivity index (χ4v) is 3.89. The van der Waals surface area contributed by atoms with Crippen molar-refractivity contribution >= 4 is 17.6 Å². The van der Waals surface area contributed by atoms with Gasteiger partial charge < -0.3 is 20.0 Å². The Hall–Kier alpha value is -3.61. The molecular weight excluding hydrogens is 414 g/mol. The number of rotatable bonds is 8. The molecule has 0 aliphatic carbocycles. The Kier molecular flexibility index (Phi) is 7.40. The lowest BCUT2D eigenvalue weighted by Gasteiger charge is -2.17. The second kappa shape index (κ2) is 10.8. The maximum atomic E-state index is 12.7. The lowest BCUT2D eigenvalue weighted by molar-refractivity contribution is -0.118. The molecule has 0 bridgehead atoms. The van der Waals surface area contributed by atoms with Crippen molar-refractivity contribution in [2.24, 2.45) is 4.99 Å². The summed E-state index contributed by atoms with van der Waals surface area (Å²) in [6.45, 7) is 6.68. The smallest absolute Gasteiger partial charge is 0.227 e. The average Bonchev–Trinajstić information content (AvgIpc) is 3.48. The molecule has 0 fully saturated rings. The molecule has 2 N–H and O–H groups in total. The number of amides is 1. The molecule has 0 saturated carbocycles. The summed E-state index contributed by atoms with van der Waals surface area (Å²) in [6.07, 6.45) is 3.83. The fraction of sp³-hybridized carbons (Fsp3) is 0.346. The van der Waals surface area contributed by atoms with Crippen LogP contribution in [0.2, 0.25) is 0 Å². The van der Waals surface area contributed by atoms with Crippen molar-refractivity contribution in [3.63, 3.8) is 0 Å². The number of carbonyl (C=O) groups excluding carboxylic acids is 1. The van der Waals surface area contributed by atoms with Gasteiger partial charge >= 0.3 is 0 Å². The van der Waals surface area contributed by atoms with Gasteiger partial charge in [0.2, 0.25) is 11.8 Å². The predicted octanol–water partition coefficient (Wildman–Crippen LogP) is 4.07. The first kappa shape index (κ1) is 22.6. The first-order valence-electron chi connectivity index (χ1n) is 11.6. The summed E-state index contributed by atoms with van der Waals surface area (Å²) in [5.74, 6) is 1.48. The van der Waals surface area contributed by atoms with E-state index in [-0.39, 0.29) is 5.91 Å². The van der Waals surface area contributed by atoms with E-state index in [0.717, 1.165) is 42.9 Å². The third kappa shape index (κ3) is 5.80. The number of para-hydroxylation sites is 1. The molecule has 4 rings (SSSR count). The van der Waals surface area contributed by atoms with Gasteiger partial charge in [0.15, 0.2) is 5.96 Å². The van der Waals surface area contributed by atoms with Gasteiger partial charge in [0, 0.05) is 37.3 Å². The van der Waals surface area contributed by atoms with Gasteiger partial charge in [0.1, 0.15) is 12.0 Å². The SMILES string of the molecule is CCNC(=NCc1coc(-c2ccc(C)cc2)n1)NCCCC(=O)N1CCc2ccccc21. The Morgan fingerprint density at radius 2 is 1.97 bits per heavy atom. The van der Waals surface area contributed by atoms with Crippen LogP contribution in [-0.4, -0.2) is 36.5 Å². The lowest BCUT2D eigenvalue weighted by atomic mass is 10.1. The number of benzene rings is 2. The van der Waals surface area contributed by atoms with E-state index in [1.807, 2.05) is 54.3 Å². The molecule has 1 aliphatic heterocycles. The molecule has 0 atom stereocenters. The molecule has 2 heterocycles. The van der Waals surface area contributed by atoms with Gasteiger partial charge in [0.05, 0.1) is 6.54 Å². The van der Waals surface area contributed by atoms with Crippen LogP contribution in [-0.2, 0) is 17.8 Å². The molecule has 1 amide bonds. The van der Waals surface area contributed by atoms with Crippen molar-refractivity contribution in [1.82, 2.24) is 15.6 Å². The summed E-state index contributed by atoms with van der Waals surface area (Å²) in [6, 6.07) is 16.2. The number of aliphatic imine (C=N–C) groups is 1. The monoisotopic (exact) mass is 445 g/mol. The Labute approximate surface area is 194 Å². The predicted molar refractivity (Wildman–Crippen MR) is 131 cm³/mol. The molecule has 7 nitrogen and oxygen atoms in total. The second-order valence-electron chi connectivity index (χ2n) is 8.16. The summed E-state index contributed by atoms with van der Waals surface area (Å²) in [5.41, 5.74) is 5.23. The van der Waals surface area contributed by atoms with E-state index in [2.05, 4.69) is 33.6 Å². The van der Waals surface area contributed by atoms with Crippen molar-refractivity contribution in [2.45, 2.75) is 39.7 Å². The zero-order valence-electron chi connectivity index (χ0n) is 19.3. The number of aromatic nitrogens is 1. The summed E-state index contributed by atoms with van der Waals surface area (Å²) < 4.78 is 5.62. The van der Waals surface area contributed by atoms with Crippen molar-refractivity contribution in [3.8, 4) is 11.5 Å². The number of hydrogen-bond acceptors (Lipinski definition) is 4. The highest BCUT2D eigenvalue weighted by Crippen LogP contribution is 2.28. The summed E-state index contributed by atoms with van der Waals surface area (Å²) in [7, 11) is 0. The summed E-state index contributed by atoms with van der Waals surface area (Å²) in [4.78, 5) is 23.7. The van der Waals surface area contributed by atoms with Gasteiger partial charge in [-0.15, -0.1) is 0 Å². The second-order valence-corrected chi connectivity index (χ2v) is 8.16. The van der Waals surface area contributed by atoms with Gasteiger partial charge in [-0.1, -0.05) is 35.9 Å². The number of aryl methyl sites for hydroxylation is 1. The molecule has 0 spiro atoms. The standard InChI is InChI=1S/C26H31N5O2/c1-3-27-26(29-17-22-18-33-25(30-22)21-12-10-19(2)11-13-21)28-15-6-9-24(32)31-16-14-20-7-4-5-8-23(20)31/h4-5,7-8,10-13,18H,3,6,9,14-17H2,1-2H3,(H2,27,28,29). The van der Waals surface area contributed by atoms with Gasteiger partial charge in [-0.25, -0.2) is 9.98 Å². The Morgan fingerprint density at radius 1 is 1.15 bits per heavy atom. The number of nitrogens with one attached hydrogen (secondary N) is 2. The van der Waals surface area contributed by atoms with Gasteiger partial charge in [-0.05, 0) is 50.5 Å². The third-order valence-electron chi connectivity index (χ3n) is 5.64. The topological polar surface area (TPSA) is 82.8 Å². The number of fused-ring (bicyclic) bond motifs is 1. The highest BCUT2D eigenvalue weighted by molar-refractivity contribution is 5.95. The molecule has 1 aliphatic rings. The van der Waals surface area contributed by atoms with Gasteiger partial charge in [-0.3, -0.25) is 4.79 Å². The van der Waals surface area contributed by atoms with E-state index in [1.54, 1.807) is 6.26 Å². The Morgan fingerprint density at radius 3 is 2.79 bits per heavy atom. The number of guanidine groups is 1. The number of nitrogens with zero attached hydrogens (tertiary/aromatic N) is 3. The molecule has 1 aromatic heterocycles. The largest absolute Gasteiger partial charge is 0.444 e. The van der Waals surface area contributed by atoms with Crippen LogP contribution >= 0.6 is 0 Å². The Bertz CT molecular complexity index is 1100. The minimum atomic E-state index is 0.176. The van der Waals surface area contributed by atoms with Crippen LogP contribution < -0.4 is 15.5 Å². The van der Waals surface area contributed by atoms with E-state index in [1.165, 1.54) is 11.1 Å². The first-order valence-corrected chi connectivity index (χ1v) is 11.6. The van der Waals surface area contributed by atoms with E-state index in [4.69, 9.17) is 4.42 Å². The van der Waals surface area contributed by atoms with Gasteiger partial charge in [-0.2, -0.15) is 0 Å². The van der Waals surface area contributed by atoms with Crippen LogP contribution in [0.15, 0.2) is 64.2 Å². The highest BCUT2D eigenvalue weighted by atomic mass is 16.3. The molecule has 2 aromatic carbocycles. The molecule has 172 valence electrons. The van der Waals surface area contributed by atoms with Crippen LogP contribution in [0.4, 0.5) is 5.69 Å². The maximum Gasteiger partial charge on any atom is 0.227 e. The van der Waals surface area contributed by atoms with Crippen molar-refractivity contribution in [2.75, 3.05) is 24.5 Å². The zero-order chi connectivity index (χ0) is 23.0. The Balaban J connectivity index is 1.26. The highest BCUT2D eigenvalue weighted by Gasteiger charge is 2.23. The normalized spacial score (nSPS) is 13.2. The molecule has 0 unspecified atom stereocenters. The molecular formula is C26H31N5O2. The van der Waals surface area contributed by atoms with Crippen LogP contribution in [0.1, 0.15) is 36.6 Å². The van der Waals surface area contributed by atoms with Crippen LogP contribution in [0.25, 0.3) is 11.5 Å². The van der Waals surface area contributed by atoms with Crippen molar-refractivity contribution in [1.29, 1.82) is 0 Å². The van der Waals surface area contributed by atoms with Crippen molar-refractivity contribution < 1.29 is 9.21 Å². The summed E-state index contributed by atoms with van der Waals surface area (Å²) in [5, 5.41) is 6.55. The quantitative estimate of drug-likeness (QED) is 0.310. The fourth-order valence-electron chi connectivity index (χ4n) is 3.89. The lowest BCUT2D eigenvalue weighted by Crippen LogP contribution is -2.38. The zero-order valence-corrected chi connectivity index (χ0v) is 19.3. The molecule has 3 aromatic rings. The number of carbonyl (C=O) groups is 1. The van der Waals surface area contributed by atoms with Crippen LogP contribution in [0.5, 0.6) is 0 Å². The third-order valence-corrected chi connectivity index (χ3v) is 5.64. The number of hydrogen-bond donors (Lipinski definition) is 2. The van der Waals surface area contributed by atoms with E-state index < -0.39 is 0 Å². The minimum absolute atomic E-state index is 0.176. The van der Waals surface area contributed by atoms with Gasteiger partial charge in [0.25, 0.3) is 0 Å². The summed E-state index contributed by atoms with van der Waals surface area (Å²) >= 11 is 0. The molecule has 7 heteroatoms. The average molecular weight is 446 g/mol. The van der Waals surface area contributed by atoms with Crippen molar-refractivity contribution in [3.05, 3.63) is 71.6 Å². The van der Waals surface area contributed by atoms with E-state index in [0.29, 0.717) is 31.4 Å². The van der Waals surface area contributed by atoms with Crippen LogP contribution in [0, 0.1) is 6.92 Å². The molecule has 33 heavy (non-hydrogen) atoms. The maximum absolute atomic E-state index is 12.7. The van der Waals surface area contributed by atoms with E-state index >= 15 is 0 Å². The first-order chi connectivity index (χ1) is 16.1. The molecule has 0 saturated heterocycles. The van der Waals surface area contributed by atoms with E-state index in [9.17, 15) is 4.79 Å².